The Labute approximate surface area is 154 Å². The summed E-state index contributed by atoms with van der Waals surface area (Å²) in [6, 6.07) is 16.8. The van der Waals surface area contributed by atoms with Gasteiger partial charge in [0.15, 0.2) is 0 Å². The van der Waals surface area contributed by atoms with Gasteiger partial charge in [0.25, 0.3) is 0 Å². The summed E-state index contributed by atoms with van der Waals surface area (Å²) in [5.74, 6) is 0.522. The van der Waals surface area contributed by atoms with Gasteiger partial charge in [-0.15, -0.1) is 0 Å². The molecule has 26 heavy (non-hydrogen) atoms. The van der Waals surface area contributed by atoms with Gasteiger partial charge in [0.05, 0.1) is 25.6 Å². The maximum atomic E-state index is 12.6. The molecule has 138 valence electrons. The summed E-state index contributed by atoms with van der Waals surface area (Å²) in [5, 5.41) is 5.92. The molecule has 0 aliphatic rings. The molecule has 0 radical (unpaired) electrons. The van der Waals surface area contributed by atoms with E-state index in [-0.39, 0.29) is 30.3 Å². The van der Waals surface area contributed by atoms with Crippen LogP contribution in [0.5, 0.6) is 5.75 Å². The van der Waals surface area contributed by atoms with E-state index < -0.39 is 0 Å². The molecular weight excluding hydrogens is 328 g/mol. The molecule has 5 nitrogen and oxygen atoms in total. The molecule has 0 spiro atoms. The second kappa shape index (κ2) is 9.61. The quantitative estimate of drug-likeness (QED) is 0.762. The second-order valence-electron chi connectivity index (χ2n) is 6.17. The standard InChI is InChI=1S/C21H26N2O3/c1-4-19(17-10-12-18(26-3)13-11-17)23-21(25)14-20(22-15(2)24)16-8-6-5-7-9-16/h5-13,19-20H,4,14H2,1-3H3,(H,22,24)(H,23,25). The number of amides is 2. The summed E-state index contributed by atoms with van der Waals surface area (Å²) in [6.07, 6.45) is 0.963. The van der Waals surface area contributed by atoms with Crippen LogP contribution in [0.1, 0.15) is 49.9 Å². The SMILES string of the molecule is CCC(NC(=O)CC(NC(C)=O)c1ccccc1)c1ccc(OC)cc1. The highest BCUT2D eigenvalue weighted by atomic mass is 16.5. The third-order valence-electron chi connectivity index (χ3n) is 4.23. The minimum Gasteiger partial charge on any atom is -0.497 e. The molecule has 2 rings (SSSR count). The van der Waals surface area contributed by atoms with Crippen molar-refractivity contribution >= 4 is 11.8 Å². The van der Waals surface area contributed by atoms with Crippen LogP contribution in [-0.4, -0.2) is 18.9 Å². The van der Waals surface area contributed by atoms with Gasteiger partial charge in [-0.2, -0.15) is 0 Å². The fourth-order valence-electron chi connectivity index (χ4n) is 2.88. The van der Waals surface area contributed by atoms with E-state index in [0.29, 0.717) is 0 Å². The number of hydrogen-bond donors (Lipinski definition) is 2. The lowest BCUT2D eigenvalue weighted by molar-refractivity contribution is -0.123. The van der Waals surface area contributed by atoms with Gasteiger partial charge in [-0.1, -0.05) is 49.4 Å². The molecule has 2 unspecified atom stereocenters. The van der Waals surface area contributed by atoms with Crippen molar-refractivity contribution in [2.75, 3.05) is 7.11 Å². The Bertz CT molecular complexity index is 714. The molecule has 2 aromatic carbocycles. The molecular formula is C21H26N2O3. The van der Waals surface area contributed by atoms with Crippen molar-refractivity contribution in [3.8, 4) is 5.75 Å². The summed E-state index contributed by atoms with van der Waals surface area (Å²) >= 11 is 0. The Morgan fingerprint density at radius 3 is 2.08 bits per heavy atom. The van der Waals surface area contributed by atoms with Gasteiger partial charge in [-0.3, -0.25) is 9.59 Å². The van der Waals surface area contributed by atoms with Gasteiger partial charge < -0.3 is 15.4 Å². The van der Waals surface area contributed by atoms with Gasteiger partial charge in [-0.25, -0.2) is 0 Å². The predicted octanol–water partition coefficient (Wildman–Crippen LogP) is 3.53. The first-order chi connectivity index (χ1) is 12.5. The lowest BCUT2D eigenvalue weighted by atomic mass is 10.0. The van der Waals surface area contributed by atoms with Crippen molar-refractivity contribution in [2.45, 2.75) is 38.8 Å². The minimum absolute atomic E-state index is 0.0813. The predicted molar refractivity (Wildman–Crippen MR) is 102 cm³/mol. The van der Waals surface area contributed by atoms with Crippen molar-refractivity contribution in [3.05, 3.63) is 65.7 Å². The van der Waals surface area contributed by atoms with Crippen LogP contribution in [-0.2, 0) is 9.59 Å². The molecule has 0 heterocycles. The zero-order chi connectivity index (χ0) is 18.9. The Morgan fingerprint density at radius 1 is 0.923 bits per heavy atom. The Hall–Kier alpha value is -2.82. The molecule has 2 atom stereocenters. The van der Waals surface area contributed by atoms with Crippen LogP contribution in [0.25, 0.3) is 0 Å². The normalized spacial score (nSPS) is 12.7. The Kier molecular flexibility index (Phi) is 7.21. The molecule has 2 aromatic rings. The van der Waals surface area contributed by atoms with Gasteiger partial charge in [0.1, 0.15) is 5.75 Å². The fourth-order valence-corrected chi connectivity index (χ4v) is 2.88. The average molecular weight is 354 g/mol. The van der Waals surface area contributed by atoms with E-state index in [1.165, 1.54) is 6.92 Å². The number of carbonyl (C=O) groups is 2. The van der Waals surface area contributed by atoms with Crippen molar-refractivity contribution in [1.29, 1.82) is 0 Å². The Morgan fingerprint density at radius 2 is 1.54 bits per heavy atom. The summed E-state index contributed by atoms with van der Waals surface area (Å²) < 4.78 is 5.17. The maximum Gasteiger partial charge on any atom is 0.222 e. The van der Waals surface area contributed by atoms with E-state index in [9.17, 15) is 9.59 Å². The number of ether oxygens (including phenoxy) is 1. The summed E-state index contributed by atoms with van der Waals surface area (Å²) in [4.78, 5) is 24.1. The zero-order valence-corrected chi connectivity index (χ0v) is 15.5. The van der Waals surface area contributed by atoms with Crippen molar-refractivity contribution in [1.82, 2.24) is 10.6 Å². The first-order valence-electron chi connectivity index (χ1n) is 8.78. The third-order valence-corrected chi connectivity index (χ3v) is 4.23. The average Bonchev–Trinajstić information content (AvgIpc) is 2.66. The third kappa shape index (κ3) is 5.62. The molecule has 0 saturated heterocycles. The largest absolute Gasteiger partial charge is 0.497 e. The number of hydrogen-bond acceptors (Lipinski definition) is 3. The van der Waals surface area contributed by atoms with E-state index in [1.807, 2.05) is 61.5 Å². The number of benzene rings is 2. The van der Waals surface area contributed by atoms with Gasteiger partial charge in [0, 0.05) is 6.92 Å². The maximum absolute atomic E-state index is 12.6. The topological polar surface area (TPSA) is 67.4 Å². The van der Waals surface area contributed by atoms with Crippen molar-refractivity contribution in [2.24, 2.45) is 0 Å². The highest BCUT2D eigenvalue weighted by Gasteiger charge is 2.19. The highest BCUT2D eigenvalue weighted by molar-refractivity contribution is 5.79. The number of methoxy groups -OCH3 is 1. The van der Waals surface area contributed by atoms with Crippen molar-refractivity contribution < 1.29 is 14.3 Å². The van der Waals surface area contributed by atoms with E-state index in [1.54, 1.807) is 7.11 Å². The van der Waals surface area contributed by atoms with E-state index >= 15 is 0 Å². The lowest BCUT2D eigenvalue weighted by Gasteiger charge is -2.22. The van der Waals surface area contributed by atoms with Crippen LogP contribution in [0, 0.1) is 0 Å². The van der Waals surface area contributed by atoms with Crippen LogP contribution >= 0.6 is 0 Å². The van der Waals surface area contributed by atoms with Gasteiger partial charge in [0.2, 0.25) is 11.8 Å². The molecule has 5 heteroatoms. The Balaban J connectivity index is 2.06. The molecule has 2 amide bonds. The minimum atomic E-state index is -0.345. The van der Waals surface area contributed by atoms with Crippen LogP contribution in [0.3, 0.4) is 0 Å². The van der Waals surface area contributed by atoms with Crippen LogP contribution in [0.2, 0.25) is 0 Å². The first-order valence-corrected chi connectivity index (χ1v) is 8.78. The van der Waals surface area contributed by atoms with E-state index in [4.69, 9.17) is 4.74 Å². The molecule has 0 bridgehead atoms. The van der Waals surface area contributed by atoms with Crippen molar-refractivity contribution in [3.63, 3.8) is 0 Å². The molecule has 2 N–H and O–H groups in total. The van der Waals surface area contributed by atoms with Crippen LogP contribution in [0.15, 0.2) is 54.6 Å². The molecule has 0 aliphatic carbocycles. The van der Waals surface area contributed by atoms with Gasteiger partial charge >= 0.3 is 0 Å². The van der Waals surface area contributed by atoms with Crippen LogP contribution < -0.4 is 15.4 Å². The molecule has 0 fully saturated rings. The lowest BCUT2D eigenvalue weighted by Crippen LogP contribution is -2.34. The summed E-state index contributed by atoms with van der Waals surface area (Å²) in [7, 11) is 1.62. The van der Waals surface area contributed by atoms with Crippen LogP contribution in [0.4, 0.5) is 0 Å². The first kappa shape index (κ1) is 19.5. The highest BCUT2D eigenvalue weighted by Crippen LogP contribution is 2.22. The molecule has 0 aromatic heterocycles. The summed E-state index contributed by atoms with van der Waals surface area (Å²) in [5.41, 5.74) is 1.94. The monoisotopic (exact) mass is 354 g/mol. The smallest absolute Gasteiger partial charge is 0.222 e. The molecule has 0 aliphatic heterocycles. The molecule has 0 saturated carbocycles. The fraction of sp³-hybridized carbons (Fsp3) is 0.333. The van der Waals surface area contributed by atoms with E-state index in [0.717, 1.165) is 23.3 Å². The summed E-state index contributed by atoms with van der Waals surface area (Å²) in [6.45, 7) is 3.48. The number of rotatable bonds is 8. The number of nitrogens with one attached hydrogen (secondary N) is 2. The second-order valence-corrected chi connectivity index (χ2v) is 6.17. The zero-order valence-electron chi connectivity index (χ0n) is 15.5. The number of carbonyl (C=O) groups excluding carboxylic acids is 2. The van der Waals surface area contributed by atoms with E-state index in [2.05, 4.69) is 10.6 Å². The van der Waals surface area contributed by atoms with Gasteiger partial charge in [-0.05, 0) is 29.7 Å².